The largest absolute Gasteiger partial charge is 0.489 e. The van der Waals surface area contributed by atoms with Crippen LogP contribution in [0.15, 0.2) is 53.5 Å². The quantitative estimate of drug-likeness (QED) is 0.656. The van der Waals surface area contributed by atoms with E-state index in [9.17, 15) is 0 Å². The molecule has 1 heterocycles. The molecule has 0 spiro atoms. The number of rotatable bonds is 5. The Balaban J connectivity index is 2.23. The fourth-order valence-corrected chi connectivity index (χ4v) is 4.03. The molecule has 0 aliphatic carbocycles. The number of nitrogens with zero attached hydrogens (tertiary/aromatic N) is 1. The molecule has 2 aromatic carbocycles. The highest BCUT2D eigenvalue weighted by Crippen LogP contribution is 2.51. The molecule has 0 saturated carbocycles. The maximum absolute atomic E-state index is 6.16. The van der Waals surface area contributed by atoms with E-state index in [0.29, 0.717) is 12.5 Å². The summed E-state index contributed by atoms with van der Waals surface area (Å²) in [6.45, 7) is 8.10. The highest BCUT2D eigenvalue weighted by molar-refractivity contribution is 5.53. The van der Waals surface area contributed by atoms with Gasteiger partial charge in [0.1, 0.15) is 12.4 Å². The Morgan fingerprint density at radius 3 is 2.42 bits per heavy atom. The lowest BCUT2D eigenvalue weighted by molar-refractivity contribution is 0.235. The van der Waals surface area contributed by atoms with Gasteiger partial charge in [-0.05, 0) is 43.2 Å². The van der Waals surface area contributed by atoms with E-state index in [1.807, 2.05) is 13.1 Å². The molecule has 0 aromatic heterocycles. The van der Waals surface area contributed by atoms with E-state index in [1.54, 1.807) is 0 Å². The molecule has 1 aliphatic heterocycles. The Hall–Kier alpha value is -2.09. The topological polar surface area (TPSA) is 21.6 Å². The van der Waals surface area contributed by atoms with Crippen LogP contribution in [0.25, 0.3) is 0 Å². The molecule has 24 heavy (non-hydrogen) atoms. The maximum atomic E-state index is 6.16. The lowest BCUT2D eigenvalue weighted by Gasteiger charge is -2.39. The summed E-state index contributed by atoms with van der Waals surface area (Å²) in [5, 5.41) is 0. The minimum atomic E-state index is 0.104. The van der Waals surface area contributed by atoms with Crippen LogP contribution in [0.1, 0.15) is 56.2 Å². The summed E-state index contributed by atoms with van der Waals surface area (Å²) < 4.78 is 6.16. The van der Waals surface area contributed by atoms with Gasteiger partial charge in [-0.15, -0.1) is 0 Å². The molecule has 126 valence electrons. The molecule has 2 heteroatoms. The number of hydrogen-bond donors (Lipinski definition) is 0. The predicted octanol–water partition coefficient (Wildman–Crippen LogP) is 5.61. The molecule has 2 aromatic rings. The number of benzene rings is 2. The minimum absolute atomic E-state index is 0.104. The first-order valence-corrected chi connectivity index (χ1v) is 8.99. The van der Waals surface area contributed by atoms with Crippen LogP contribution in [0.2, 0.25) is 0 Å². The molecule has 0 amide bonds. The lowest BCUT2D eigenvalue weighted by atomic mass is 9.65. The van der Waals surface area contributed by atoms with E-state index in [0.717, 1.165) is 25.1 Å². The van der Waals surface area contributed by atoms with Crippen LogP contribution in [-0.2, 0) is 6.61 Å². The second-order valence-electron chi connectivity index (χ2n) is 6.63. The van der Waals surface area contributed by atoms with E-state index < -0.39 is 0 Å². The monoisotopic (exact) mass is 321 g/mol. The average Bonchev–Trinajstić information content (AvgIpc) is 2.81. The normalized spacial score (nSPS) is 17.0. The Morgan fingerprint density at radius 1 is 1.04 bits per heavy atom. The number of aliphatic imine (C=N–C) groups is 1. The molecule has 0 radical (unpaired) electrons. The average molecular weight is 321 g/mol. The van der Waals surface area contributed by atoms with Gasteiger partial charge in [-0.3, -0.25) is 4.99 Å². The van der Waals surface area contributed by atoms with Crippen molar-refractivity contribution in [1.82, 2.24) is 0 Å². The Morgan fingerprint density at radius 2 is 1.71 bits per heavy atom. The van der Waals surface area contributed by atoms with Gasteiger partial charge in [-0.25, -0.2) is 0 Å². The molecule has 2 nitrogen and oxygen atoms in total. The van der Waals surface area contributed by atoms with Gasteiger partial charge in [0, 0.05) is 23.4 Å². The fraction of sp³-hybridized carbons (Fsp3) is 0.409. The van der Waals surface area contributed by atoms with Crippen LogP contribution in [0, 0.1) is 5.41 Å². The van der Waals surface area contributed by atoms with E-state index in [4.69, 9.17) is 4.74 Å². The Bertz CT molecular complexity index is 668. The molecule has 1 aliphatic rings. The summed E-state index contributed by atoms with van der Waals surface area (Å²) in [5.41, 5.74) is 4.10. The zero-order valence-electron chi connectivity index (χ0n) is 15.0. The maximum Gasteiger partial charge on any atom is 0.123 e. The SMILES string of the molecule is C/C=N\CC(CC)(CC)C1c2ccccc2COc2ccccc21. The molecule has 3 rings (SSSR count). The smallest absolute Gasteiger partial charge is 0.123 e. The van der Waals surface area contributed by atoms with Crippen molar-refractivity contribution in [3.8, 4) is 5.75 Å². The Kier molecular flexibility index (Phi) is 5.03. The molecule has 1 atom stereocenters. The summed E-state index contributed by atoms with van der Waals surface area (Å²) in [7, 11) is 0. The minimum Gasteiger partial charge on any atom is -0.489 e. The first-order valence-electron chi connectivity index (χ1n) is 8.99. The first kappa shape index (κ1) is 16.8. The van der Waals surface area contributed by atoms with E-state index in [2.05, 4.69) is 67.4 Å². The molecular formula is C22H27NO. The molecule has 1 unspecified atom stereocenters. The first-order chi connectivity index (χ1) is 11.8. The van der Waals surface area contributed by atoms with Crippen LogP contribution < -0.4 is 4.74 Å². The number of hydrogen-bond acceptors (Lipinski definition) is 2. The van der Waals surface area contributed by atoms with Gasteiger partial charge >= 0.3 is 0 Å². The molecular weight excluding hydrogens is 294 g/mol. The number of fused-ring (bicyclic) bond motifs is 2. The van der Waals surface area contributed by atoms with Crippen molar-refractivity contribution >= 4 is 6.21 Å². The summed E-state index contributed by atoms with van der Waals surface area (Å²) in [6, 6.07) is 17.3. The van der Waals surface area contributed by atoms with Crippen LogP contribution >= 0.6 is 0 Å². The highest BCUT2D eigenvalue weighted by Gasteiger charge is 2.40. The van der Waals surface area contributed by atoms with Crippen molar-refractivity contribution in [3.05, 3.63) is 65.2 Å². The third-order valence-electron chi connectivity index (χ3n) is 5.59. The molecule has 0 fully saturated rings. The third-order valence-corrected chi connectivity index (χ3v) is 5.59. The zero-order chi connectivity index (χ0) is 17.0. The molecule has 0 saturated heterocycles. The van der Waals surface area contributed by atoms with Crippen molar-refractivity contribution < 1.29 is 4.74 Å². The van der Waals surface area contributed by atoms with Gasteiger partial charge in [0.2, 0.25) is 0 Å². The van der Waals surface area contributed by atoms with Crippen molar-refractivity contribution in [2.75, 3.05) is 6.54 Å². The fourth-order valence-electron chi connectivity index (χ4n) is 4.03. The van der Waals surface area contributed by atoms with Gasteiger partial charge in [-0.2, -0.15) is 0 Å². The van der Waals surface area contributed by atoms with E-state index in [-0.39, 0.29) is 5.41 Å². The molecule has 0 bridgehead atoms. The molecule has 0 N–H and O–H groups in total. The van der Waals surface area contributed by atoms with E-state index in [1.165, 1.54) is 16.7 Å². The van der Waals surface area contributed by atoms with Crippen LogP contribution in [0.5, 0.6) is 5.75 Å². The summed E-state index contributed by atoms with van der Waals surface area (Å²) >= 11 is 0. The second kappa shape index (κ2) is 7.21. The number of para-hydroxylation sites is 1. The summed E-state index contributed by atoms with van der Waals surface area (Å²) in [5.74, 6) is 1.33. The van der Waals surface area contributed by atoms with Gasteiger partial charge in [-0.1, -0.05) is 56.3 Å². The zero-order valence-corrected chi connectivity index (χ0v) is 15.0. The van der Waals surface area contributed by atoms with E-state index >= 15 is 0 Å². The van der Waals surface area contributed by atoms with Crippen molar-refractivity contribution in [1.29, 1.82) is 0 Å². The lowest BCUT2D eigenvalue weighted by Crippen LogP contribution is -2.32. The van der Waals surface area contributed by atoms with Crippen molar-refractivity contribution in [2.24, 2.45) is 10.4 Å². The Labute approximate surface area is 145 Å². The standard InChI is InChI=1S/C22H27NO/c1-4-22(5-2,16-23-6-3)21-18-12-8-7-11-17(18)15-24-20-14-10-9-13-19(20)21/h6-14,21H,4-5,15-16H2,1-3H3/b23-6-. The number of ether oxygens (including phenoxy) is 1. The predicted molar refractivity (Wildman–Crippen MR) is 101 cm³/mol. The third kappa shape index (κ3) is 2.86. The van der Waals surface area contributed by atoms with Gasteiger partial charge in [0.25, 0.3) is 0 Å². The van der Waals surface area contributed by atoms with Gasteiger partial charge in [0.05, 0.1) is 0 Å². The van der Waals surface area contributed by atoms with Crippen LogP contribution in [0.4, 0.5) is 0 Å². The van der Waals surface area contributed by atoms with Crippen LogP contribution in [0.3, 0.4) is 0 Å². The van der Waals surface area contributed by atoms with Crippen molar-refractivity contribution in [2.45, 2.75) is 46.1 Å². The van der Waals surface area contributed by atoms with Crippen molar-refractivity contribution in [3.63, 3.8) is 0 Å². The van der Waals surface area contributed by atoms with Gasteiger partial charge in [0.15, 0.2) is 0 Å². The van der Waals surface area contributed by atoms with Crippen LogP contribution in [-0.4, -0.2) is 12.8 Å². The summed E-state index contributed by atoms with van der Waals surface area (Å²) in [6.07, 6.45) is 4.12. The second-order valence-corrected chi connectivity index (χ2v) is 6.63. The summed E-state index contributed by atoms with van der Waals surface area (Å²) in [4.78, 5) is 4.67. The van der Waals surface area contributed by atoms with Gasteiger partial charge < -0.3 is 4.74 Å². The highest BCUT2D eigenvalue weighted by atomic mass is 16.5.